The largest absolute Gasteiger partial charge is 0.369 e. The van der Waals surface area contributed by atoms with Crippen molar-refractivity contribution in [3.63, 3.8) is 0 Å². The zero-order chi connectivity index (χ0) is 15.0. The molecule has 7 heteroatoms. The van der Waals surface area contributed by atoms with Crippen molar-refractivity contribution in [3.05, 3.63) is 0 Å². The van der Waals surface area contributed by atoms with Crippen LogP contribution in [0.25, 0.3) is 0 Å². The Bertz CT molecular complexity index is 327. The predicted molar refractivity (Wildman–Crippen MR) is 84.4 cm³/mol. The quantitative estimate of drug-likeness (QED) is 0.722. The molecule has 1 aliphatic heterocycles. The predicted octanol–water partition coefficient (Wildman–Crippen LogP) is 0.679. The number of nitrogens with zero attached hydrogens (tertiary/aromatic N) is 1. The second kappa shape index (κ2) is 10.8. The van der Waals surface area contributed by atoms with Gasteiger partial charge in [0.05, 0.1) is 6.10 Å². The lowest BCUT2D eigenvalue weighted by molar-refractivity contribution is -0.141. The van der Waals surface area contributed by atoms with Crippen molar-refractivity contribution in [2.45, 2.75) is 51.7 Å². The molecule has 1 fully saturated rings. The summed E-state index contributed by atoms with van der Waals surface area (Å²) >= 11 is 0. The van der Waals surface area contributed by atoms with Gasteiger partial charge in [-0.25, -0.2) is 0 Å². The number of nitrogens with two attached hydrogens (primary N) is 1. The number of amides is 2. The fraction of sp³-hybridized carbons (Fsp3) is 0.857. The summed E-state index contributed by atoms with van der Waals surface area (Å²) in [5.41, 5.74) is 5.34. The molecule has 0 aromatic rings. The molecule has 0 saturated carbocycles. The van der Waals surface area contributed by atoms with Crippen molar-refractivity contribution in [3.8, 4) is 0 Å². The summed E-state index contributed by atoms with van der Waals surface area (Å²) in [4.78, 5) is 25.5. The first-order valence-electron chi connectivity index (χ1n) is 7.42. The Balaban J connectivity index is 0.00000400. The second-order valence-corrected chi connectivity index (χ2v) is 5.44. The molecule has 0 aliphatic carbocycles. The maximum Gasteiger partial charge on any atom is 0.248 e. The number of hydrogen-bond donors (Lipinski definition) is 2. The van der Waals surface area contributed by atoms with E-state index in [4.69, 9.17) is 10.5 Å². The summed E-state index contributed by atoms with van der Waals surface area (Å²) in [6, 6.07) is 0.0775. The maximum absolute atomic E-state index is 12.2. The summed E-state index contributed by atoms with van der Waals surface area (Å²) in [5.74, 6) is -0.0413. The van der Waals surface area contributed by atoms with Gasteiger partial charge in [-0.2, -0.15) is 0 Å². The first-order valence-corrected chi connectivity index (χ1v) is 7.42. The van der Waals surface area contributed by atoms with Crippen molar-refractivity contribution in [2.24, 2.45) is 5.73 Å². The van der Waals surface area contributed by atoms with Crippen LogP contribution in [0, 0.1) is 0 Å². The average molecular weight is 322 g/mol. The molecule has 0 radical (unpaired) electrons. The van der Waals surface area contributed by atoms with E-state index in [1.54, 1.807) is 0 Å². The van der Waals surface area contributed by atoms with Gasteiger partial charge in [-0.1, -0.05) is 0 Å². The van der Waals surface area contributed by atoms with Crippen molar-refractivity contribution in [1.29, 1.82) is 0 Å². The van der Waals surface area contributed by atoms with Crippen LogP contribution in [0.5, 0.6) is 0 Å². The molecule has 1 rings (SSSR count). The molecule has 1 unspecified atom stereocenters. The normalized spacial score (nSPS) is 18.3. The van der Waals surface area contributed by atoms with Gasteiger partial charge in [-0.05, 0) is 33.1 Å². The molecule has 0 aromatic carbocycles. The minimum Gasteiger partial charge on any atom is -0.369 e. The highest BCUT2D eigenvalue weighted by Gasteiger charge is 2.26. The first kappa shape index (κ1) is 20.1. The van der Waals surface area contributed by atoms with Crippen LogP contribution < -0.4 is 11.1 Å². The van der Waals surface area contributed by atoms with Crippen LogP contribution in [-0.2, 0) is 14.3 Å². The average Bonchev–Trinajstić information content (AvgIpc) is 2.43. The summed E-state index contributed by atoms with van der Waals surface area (Å²) in [6.07, 6.45) is 3.41. The number of piperidine rings is 1. The molecular weight excluding hydrogens is 294 g/mol. The standard InChI is InChI=1S/C14H27N3O3.ClH/c1-11(2)20-10-14(19)17-8-4-3-5-12(17)9-16-13(18)6-7-15;/h11-12H,3-10,15H2,1-2H3,(H,16,18);1H. The molecule has 3 N–H and O–H groups in total. The molecule has 1 heterocycles. The molecule has 1 aliphatic rings. The minimum atomic E-state index is -0.0519. The van der Waals surface area contributed by atoms with Crippen LogP contribution in [-0.4, -0.2) is 55.1 Å². The molecule has 21 heavy (non-hydrogen) atoms. The van der Waals surface area contributed by atoms with Crippen LogP contribution in [0.15, 0.2) is 0 Å². The van der Waals surface area contributed by atoms with Gasteiger partial charge in [0, 0.05) is 32.1 Å². The number of nitrogens with one attached hydrogen (secondary N) is 1. The lowest BCUT2D eigenvalue weighted by Crippen LogP contribution is -2.50. The zero-order valence-corrected chi connectivity index (χ0v) is 13.8. The first-order chi connectivity index (χ1) is 9.54. The summed E-state index contributed by atoms with van der Waals surface area (Å²) in [5, 5.41) is 2.85. The van der Waals surface area contributed by atoms with E-state index >= 15 is 0 Å². The summed E-state index contributed by atoms with van der Waals surface area (Å²) in [6.45, 7) is 5.54. The van der Waals surface area contributed by atoms with Gasteiger partial charge < -0.3 is 20.7 Å². The summed E-state index contributed by atoms with van der Waals surface area (Å²) < 4.78 is 5.37. The SMILES string of the molecule is CC(C)OCC(=O)N1CCCCC1CNC(=O)CCN.Cl. The number of hydrogen-bond acceptors (Lipinski definition) is 4. The Hall–Kier alpha value is -0.850. The molecule has 0 spiro atoms. The number of halogens is 1. The van der Waals surface area contributed by atoms with Gasteiger partial charge in [0.2, 0.25) is 11.8 Å². The second-order valence-electron chi connectivity index (χ2n) is 5.44. The fourth-order valence-electron chi connectivity index (χ4n) is 2.31. The molecule has 2 amide bonds. The highest BCUT2D eigenvalue weighted by Crippen LogP contribution is 2.17. The van der Waals surface area contributed by atoms with E-state index in [0.717, 1.165) is 25.8 Å². The van der Waals surface area contributed by atoms with E-state index in [-0.39, 0.29) is 43.0 Å². The number of carbonyl (C=O) groups is 2. The number of likely N-dealkylation sites (tertiary alicyclic amines) is 1. The maximum atomic E-state index is 12.2. The molecule has 0 aromatic heterocycles. The Kier molecular flexibility index (Phi) is 10.4. The third-order valence-corrected chi connectivity index (χ3v) is 3.39. The highest BCUT2D eigenvalue weighted by molar-refractivity contribution is 5.85. The van der Waals surface area contributed by atoms with Crippen LogP contribution in [0.3, 0.4) is 0 Å². The van der Waals surface area contributed by atoms with E-state index in [9.17, 15) is 9.59 Å². The molecular formula is C14H28ClN3O3. The topological polar surface area (TPSA) is 84.7 Å². The lowest BCUT2D eigenvalue weighted by Gasteiger charge is -2.36. The monoisotopic (exact) mass is 321 g/mol. The molecule has 1 saturated heterocycles. The van der Waals surface area contributed by atoms with Gasteiger partial charge in [0.25, 0.3) is 0 Å². The van der Waals surface area contributed by atoms with E-state index in [0.29, 0.717) is 19.5 Å². The summed E-state index contributed by atoms with van der Waals surface area (Å²) in [7, 11) is 0. The van der Waals surface area contributed by atoms with Gasteiger partial charge in [0.15, 0.2) is 0 Å². The number of ether oxygens (including phenoxy) is 1. The van der Waals surface area contributed by atoms with Gasteiger partial charge >= 0.3 is 0 Å². The minimum absolute atomic E-state index is 0. The molecule has 1 atom stereocenters. The molecule has 6 nitrogen and oxygen atoms in total. The van der Waals surface area contributed by atoms with Crippen molar-refractivity contribution in [1.82, 2.24) is 10.2 Å². The van der Waals surface area contributed by atoms with Gasteiger partial charge in [-0.15, -0.1) is 12.4 Å². The van der Waals surface area contributed by atoms with E-state index in [2.05, 4.69) is 5.32 Å². The van der Waals surface area contributed by atoms with E-state index in [1.807, 2.05) is 18.7 Å². The highest BCUT2D eigenvalue weighted by atomic mass is 35.5. The third-order valence-electron chi connectivity index (χ3n) is 3.39. The van der Waals surface area contributed by atoms with Crippen molar-refractivity contribution >= 4 is 24.2 Å². The zero-order valence-electron chi connectivity index (χ0n) is 13.0. The Morgan fingerprint density at radius 3 is 2.71 bits per heavy atom. The smallest absolute Gasteiger partial charge is 0.248 e. The van der Waals surface area contributed by atoms with E-state index in [1.165, 1.54) is 0 Å². The van der Waals surface area contributed by atoms with Gasteiger partial charge in [0.1, 0.15) is 6.61 Å². The van der Waals surface area contributed by atoms with Crippen LogP contribution in [0.4, 0.5) is 0 Å². The Morgan fingerprint density at radius 1 is 1.38 bits per heavy atom. The van der Waals surface area contributed by atoms with Crippen molar-refractivity contribution in [2.75, 3.05) is 26.2 Å². The van der Waals surface area contributed by atoms with Crippen LogP contribution in [0.1, 0.15) is 39.5 Å². The number of rotatable bonds is 7. The lowest BCUT2D eigenvalue weighted by atomic mass is 10.0. The Labute approximate surface area is 133 Å². The Morgan fingerprint density at radius 2 is 2.10 bits per heavy atom. The van der Waals surface area contributed by atoms with Crippen LogP contribution in [0.2, 0.25) is 0 Å². The molecule has 0 bridgehead atoms. The third kappa shape index (κ3) is 7.64. The fourth-order valence-corrected chi connectivity index (χ4v) is 2.31. The van der Waals surface area contributed by atoms with Gasteiger partial charge in [-0.3, -0.25) is 9.59 Å². The van der Waals surface area contributed by atoms with Crippen molar-refractivity contribution < 1.29 is 14.3 Å². The number of carbonyl (C=O) groups excluding carboxylic acids is 2. The van der Waals surface area contributed by atoms with Crippen LogP contribution >= 0.6 is 12.4 Å². The molecule has 124 valence electrons. The van der Waals surface area contributed by atoms with E-state index < -0.39 is 0 Å².